The van der Waals surface area contributed by atoms with Crippen molar-refractivity contribution in [2.45, 2.75) is 25.5 Å². The van der Waals surface area contributed by atoms with E-state index in [9.17, 15) is 13.2 Å². The maximum Gasteiger partial charge on any atom is 0.326 e. The first kappa shape index (κ1) is 11.4. The summed E-state index contributed by atoms with van der Waals surface area (Å²) in [5.41, 5.74) is 0. The van der Waals surface area contributed by atoms with Crippen molar-refractivity contribution in [1.82, 2.24) is 0 Å². The zero-order chi connectivity index (χ0) is 9.99. The van der Waals surface area contributed by atoms with E-state index >= 15 is 0 Å². The Morgan fingerprint density at radius 2 is 1.83 bits per heavy atom. The van der Waals surface area contributed by atoms with Crippen LogP contribution in [0.1, 0.15) is 20.8 Å². The Kier molecular flexibility index (Phi) is 3.26. The second-order valence-electron chi connectivity index (χ2n) is 2.91. The monoisotopic (exact) mass is 194 g/mol. The summed E-state index contributed by atoms with van der Waals surface area (Å²) in [6.45, 7) is 4.19. The van der Waals surface area contributed by atoms with Crippen LogP contribution in [0.2, 0.25) is 0 Å². The van der Waals surface area contributed by atoms with Gasteiger partial charge in [-0.1, -0.05) is 6.92 Å². The van der Waals surface area contributed by atoms with Gasteiger partial charge in [-0.15, -0.1) is 0 Å². The first-order valence-electron chi connectivity index (χ1n) is 3.60. The second kappa shape index (κ2) is 3.43. The molecule has 0 amide bonds. The molecule has 0 spiro atoms. The maximum absolute atomic E-state index is 11.3. The molecule has 0 aliphatic rings. The van der Waals surface area contributed by atoms with E-state index in [0.717, 1.165) is 0 Å². The predicted octanol–water partition coefficient (Wildman–Crippen LogP) is 0.373. The number of sulfone groups is 1. The molecule has 12 heavy (non-hydrogen) atoms. The molecule has 0 atom stereocenters. The lowest BCUT2D eigenvalue weighted by Crippen LogP contribution is -2.42. The second-order valence-corrected chi connectivity index (χ2v) is 5.73. The number of ether oxygens (including phenoxy) is 1. The maximum atomic E-state index is 11.3. The summed E-state index contributed by atoms with van der Waals surface area (Å²) in [5.74, 6) is -0.779. The number of rotatable bonds is 3. The van der Waals surface area contributed by atoms with Gasteiger partial charge in [0.25, 0.3) is 0 Å². The Morgan fingerprint density at radius 3 is 2.08 bits per heavy atom. The van der Waals surface area contributed by atoms with E-state index < -0.39 is 20.6 Å². The third-order valence-corrected chi connectivity index (χ3v) is 4.32. The highest BCUT2D eigenvalue weighted by Crippen LogP contribution is 2.18. The van der Waals surface area contributed by atoms with Crippen molar-refractivity contribution in [3.8, 4) is 0 Å². The minimum absolute atomic E-state index is 0.0604. The number of carbonyl (C=O) groups is 1. The van der Waals surface area contributed by atoms with Gasteiger partial charge in [0, 0.05) is 5.75 Å². The summed E-state index contributed by atoms with van der Waals surface area (Å²) >= 11 is 0. The quantitative estimate of drug-likeness (QED) is 0.609. The average Bonchev–Trinajstić information content (AvgIpc) is 2.02. The fraction of sp³-hybridized carbons (Fsp3) is 0.857. The van der Waals surface area contributed by atoms with Crippen LogP contribution in [0.3, 0.4) is 0 Å². The number of methoxy groups -OCH3 is 1. The predicted molar refractivity (Wildman–Crippen MR) is 45.6 cm³/mol. The average molecular weight is 194 g/mol. The van der Waals surface area contributed by atoms with Crippen LogP contribution in [0.5, 0.6) is 0 Å². The van der Waals surface area contributed by atoms with E-state index in [1.807, 2.05) is 0 Å². The molecule has 72 valence electrons. The summed E-state index contributed by atoms with van der Waals surface area (Å²) < 4.78 is 25.6. The van der Waals surface area contributed by atoms with Gasteiger partial charge < -0.3 is 4.74 Å². The molecule has 0 aromatic heterocycles. The van der Waals surface area contributed by atoms with Crippen LogP contribution in [0, 0.1) is 0 Å². The first-order valence-corrected chi connectivity index (χ1v) is 5.25. The van der Waals surface area contributed by atoms with Crippen molar-refractivity contribution in [3.63, 3.8) is 0 Å². The third-order valence-electron chi connectivity index (χ3n) is 1.83. The van der Waals surface area contributed by atoms with Crippen molar-refractivity contribution in [3.05, 3.63) is 0 Å². The van der Waals surface area contributed by atoms with Crippen LogP contribution in [0.4, 0.5) is 0 Å². The van der Waals surface area contributed by atoms with Crippen LogP contribution in [-0.4, -0.2) is 32.0 Å². The van der Waals surface area contributed by atoms with Crippen LogP contribution < -0.4 is 0 Å². The Hall–Kier alpha value is -0.580. The fourth-order valence-corrected chi connectivity index (χ4v) is 1.79. The smallest absolute Gasteiger partial charge is 0.326 e. The molecular weight excluding hydrogens is 180 g/mol. The Morgan fingerprint density at radius 1 is 1.42 bits per heavy atom. The molecule has 0 unspecified atom stereocenters. The van der Waals surface area contributed by atoms with Gasteiger partial charge in [-0.25, -0.2) is 8.42 Å². The third kappa shape index (κ3) is 1.77. The van der Waals surface area contributed by atoms with Crippen molar-refractivity contribution in [1.29, 1.82) is 0 Å². The van der Waals surface area contributed by atoms with Gasteiger partial charge >= 0.3 is 5.97 Å². The van der Waals surface area contributed by atoms with E-state index in [-0.39, 0.29) is 5.75 Å². The van der Waals surface area contributed by atoms with E-state index in [2.05, 4.69) is 4.74 Å². The van der Waals surface area contributed by atoms with Gasteiger partial charge in [0.2, 0.25) is 0 Å². The highest BCUT2D eigenvalue weighted by molar-refractivity contribution is 7.93. The van der Waals surface area contributed by atoms with Gasteiger partial charge in [-0.3, -0.25) is 4.79 Å². The molecular formula is C7H14O4S. The zero-order valence-corrected chi connectivity index (χ0v) is 8.56. The minimum atomic E-state index is -3.38. The summed E-state index contributed by atoms with van der Waals surface area (Å²) in [4.78, 5) is 11.0. The molecule has 0 aromatic rings. The van der Waals surface area contributed by atoms with Crippen LogP contribution in [0.15, 0.2) is 0 Å². The molecule has 5 heteroatoms. The molecule has 0 bridgehead atoms. The molecule has 0 saturated heterocycles. The Balaban J connectivity index is 4.99. The number of hydrogen-bond acceptors (Lipinski definition) is 4. The van der Waals surface area contributed by atoms with Crippen LogP contribution >= 0.6 is 0 Å². The van der Waals surface area contributed by atoms with E-state index in [4.69, 9.17) is 0 Å². The topological polar surface area (TPSA) is 60.4 Å². The normalized spacial score (nSPS) is 12.7. The molecule has 0 aliphatic heterocycles. The van der Waals surface area contributed by atoms with E-state index in [0.29, 0.717) is 0 Å². The fourth-order valence-electron chi connectivity index (χ4n) is 0.734. The van der Waals surface area contributed by atoms with Gasteiger partial charge in [0.05, 0.1) is 7.11 Å². The molecule has 0 aromatic carbocycles. The van der Waals surface area contributed by atoms with Crippen LogP contribution in [-0.2, 0) is 19.4 Å². The Bertz CT molecular complexity index is 263. The van der Waals surface area contributed by atoms with Crippen LogP contribution in [0.25, 0.3) is 0 Å². The molecule has 0 radical (unpaired) electrons. The molecule has 4 nitrogen and oxygen atoms in total. The Labute approximate surface area is 72.8 Å². The lowest BCUT2D eigenvalue weighted by atomic mass is 10.2. The SMILES string of the molecule is CCS(=O)(=O)C(C)(C)C(=O)OC. The first-order chi connectivity index (χ1) is 5.29. The van der Waals surface area contributed by atoms with Gasteiger partial charge in [-0.2, -0.15) is 0 Å². The molecule has 0 saturated carbocycles. The molecule has 0 N–H and O–H groups in total. The highest BCUT2D eigenvalue weighted by atomic mass is 32.2. The number of esters is 1. The largest absolute Gasteiger partial charge is 0.468 e. The lowest BCUT2D eigenvalue weighted by molar-refractivity contribution is -0.142. The molecule has 0 aliphatic carbocycles. The standard InChI is InChI=1S/C7H14O4S/c1-5-12(9,10)7(2,3)6(8)11-4/h5H2,1-4H3. The number of carbonyl (C=O) groups excluding carboxylic acids is 1. The minimum Gasteiger partial charge on any atom is -0.468 e. The van der Waals surface area contributed by atoms with Gasteiger partial charge in [0.1, 0.15) is 0 Å². The lowest BCUT2D eigenvalue weighted by Gasteiger charge is -2.20. The summed E-state index contributed by atoms with van der Waals surface area (Å²) in [5, 5.41) is 0. The molecule has 0 heterocycles. The highest BCUT2D eigenvalue weighted by Gasteiger charge is 2.41. The van der Waals surface area contributed by atoms with E-state index in [1.165, 1.54) is 27.9 Å². The molecule has 0 rings (SSSR count). The van der Waals surface area contributed by atoms with Gasteiger partial charge in [-0.05, 0) is 13.8 Å². The summed E-state index contributed by atoms with van der Waals surface area (Å²) in [6, 6.07) is 0. The summed E-state index contributed by atoms with van der Waals surface area (Å²) in [6.07, 6.45) is 0. The number of hydrogen-bond donors (Lipinski definition) is 0. The van der Waals surface area contributed by atoms with Crippen molar-refractivity contribution in [2.24, 2.45) is 0 Å². The zero-order valence-electron chi connectivity index (χ0n) is 7.75. The van der Waals surface area contributed by atoms with Crippen molar-refractivity contribution in [2.75, 3.05) is 12.9 Å². The molecule has 0 fully saturated rings. The van der Waals surface area contributed by atoms with Crippen molar-refractivity contribution < 1.29 is 17.9 Å². The summed E-state index contributed by atoms with van der Waals surface area (Å²) in [7, 11) is -2.21. The van der Waals surface area contributed by atoms with E-state index in [1.54, 1.807) is 0 Å². The van der Waals surface area contributed by atoms with Crippen molar-refractivity contribution >= 4 is 15.8 Å². The van der Waals surface area contributed by atoms with Gasteiger partial charge in [0.15, 0.2) is 14.6 Å².